The van der Waals surface area contributed by atoms with Gasteiger partial charge in [0.05, 0.1) is 5.54 Å². The van der Waals surface area contributed by atoms with Gasteiger partial charge < -0.3 is 14.5 Å². The molecule has 2 atom stereocenters. The van der Waals surface area contributed by atoms with Crippen molar-refractivity contribution in [2.24, 2.45) is 5.41 Å². The molecule has 0 aromatic heterocycles. The summed E-state index contributed by atoms with van der Waals surface area (Å²) in [7, 11) is -7.42. The van der Waals surface area contributed by atoms with Crippen molar-refractivity contribution >= 4 is 34.9 Å². The van der Waals surface area contributed by atoms with E-state index >= 15 is 0 Å². The monoisotopic (exact) mass is 625 g/mol. The second kappa shape index (κ2) is 12.0. The molecule has 4 rings (SSSR count). The van der Waals surface area contributed by atoms with E-state index in [1.807, 2.05) is 36.4 Å². The number of nitrogens with one attached hydrogen (secondary N) is 1. The zero-order valence-electron chi connectivity index (χ0n) is 26.5. The van der Waals surface area contributed by atoms with Crippen molar-refractivity contribution in [1.29, 1.82) is 0 Å². The lowest BCUT2D eigenvalue weighted by atomic mass is 9.73. The molecule has 0 bridgehead atoms. The number of carbonyl (C=O) groups excluding carboxylic acids is 1. The molecule has 1 amide bonds. The number of benzene rings is 2. The molecular formula is C34H47NO6SSi. The molecule has 7 nitrogen and oxygen atoms in total. The van der Waals surface area contributed by atoms with Crippen molar-refractivity contribution in [3.63, 3.8) is 0 Å². The van der Waals surface area contributed by atoms with Crippen LogP contribution in [0.2, 0.25) is 5.04 Å². The predicted octanol–water partition coefficient (Wildman–Crippen LogP) is 6.16. The van der Waals surface area contributed by atoms with E-state index in [1.54, 1.807) is 39.8 Å². The van der Waals surface area contributed by atoms with E-state index in [0.717, 1.165) is 23.2 Å². The number of hydrogen-bond acceptors (Lipinski definition) is 5. The summed E-state index contributed by atoms with van der Waals surface area (Å²) in [6.07, 6.45) is 7.52. The van der Waals surface area contributed by atoms with Crippen LogP contribution in [-0.4, -0.2) is 50.4 Å². The molecular weight excluding hydrogens is 579 g/mol. The van der Waals surface area contributed by atoms with Gasteiger partial charge in [-0.3, -0.25) is 4.55 Å². The smallest absolute Gasteiger partial charge is 0.408 e. The molecule has 2 aliphatic carbocycles. The molecule has 2 N–H and O–H groups in total. The first-order chi connectivity index (χ1) is 19.9. The Bertz CT molecular complexity index is 1410. The number of amides is 1. The van der Waals surface area contributed by atoms with Crippen molar-refractivity contribution in [2.75, 3.05) is 6.61 Å². The Hall–Kier alpha value is -2.72. The van der Waals surface area contributed by atoms with Crippen molar-refractivity contribution in [1.82, 2.24) is 5.32 Å². The zero-order valence-corrected chi connectivity index (χ0v) is 28.3. The SMILES string of the molecule is CC(C)(C)OC(=O)N[C@@]1(C)C=C[C@H](S(=O)(=O)O)C(C2(CO[Si](c3ccccc3)(c3ccccc3)C(C)(C)C)CCCC2)=C1. The van der Waals surface area contributed by atoms with Gasteiger partial charge in [0, 0.05) is 12.0 Å². The highest BCUT2D eigenvalue weighted by Crippen LogP contribution is 2.50. The first kappa shape index (κ1) is 33.2. The van der Waals surface area contributed by atoms with Gasteiger partial charge in [-0.15, -0.1) is 0 Å². The van der Waals surface area contributed by atoms with Gasteiger partial charge in [0.1, 0.15) is 10.9 Å². The Kier molecular flexibility index (Phi) is 9.25. The fourth-order valence-electron chi connectivity index (χ4n) is 6.74. The fraction of sp³-hybridized carbons (Fsp3) is 0.500. The second-order valence-corrected chi connectivity index (χ2v) is 20.1. The predicted molar refractivity (Wildman–Crippen MR) is 175 cm³/mol. The summed E-state index contributed by atoms with van der Waals surface area (Å²) in [4.78, 5) is 12.8. The number of ether oxygens (including phenoxy) is 1. The van der Waals surface area contributed by atoms with E-state index in [0.29, 0.717) is 18.4 Å². The van der Waals surface area contributed by atoms with Gasteiger partial charge in [-0.25, -0.2) is 4.79 Å². The summed E-state index contributed by atoms with van der Waals surface area (Å²) < 4.78 is 49.0. The third-order valence-electron chi connectivity index (χ3n) is 8.63. The van der Waals surface area contributed by atoms with E-state index in [4.69, 9.17) is 9.16 Å². The molecule has 9 heteroatoms. The first-order valence-corrected chi connectivity index (χ1v) is 18.5. The van der Waals surface area contributed by atoms with Crippen LogP contribution >= 0.6 is 0 Å². The van der Waals surface area contributed by atoms with Gasteiger partial charge in [0.25, 0.3) is 18.4 Å². The average Bonchev–Trinajstić information content (AvgIpc) is 3.37. The Morgan fingerprint density at radius 1 is 0.953 bits per heavy atom. The van der Waals surface area contributed by atoms with Crippen molar-refractivity contribution in [2.45, 2.75) is 95.6 Å². The lowest BCUT2D eigenvalue weighted by Crippen LogP contribution is -2.67. The summed E-state index contributed by atoms with van der Waals surface area (Å²) in [5, 5.41) is 3.70. The standard InChI is InChI=1S/C34H47NO6SSi/c1-31(2,3)41-30(36)35-33(7)23-20-29(42(37,38)39)28(24-33)34(21-14-15-22-34)25-40-43(32(4,5)6,26-16-10-8-11-17-26)27-18-12-9-13-19-27/h8-13,16-20,23-24,29H,14-15,21-22,25H2,1-7H3,(H,35,36)(H,37,38,39)/t29-,33-/m0/s1. The van der Waals surface area contributed by atoms with Gasteiger partial charge in [-0.2, -0.15) is 8.42 Å². The lowest BCUT2D eigenvalue weighted by Gasteiger charge is -2.47. The maximum atomic E-state index is 12.8. The van der Waals surface area contributed by atoms with Gasteiger partial charge in [-0.1, -0.05) is 113 Å². The molecule has 0 saturated heterocycles. The summed E-state index contributed by atoms with van der Waals surface area (Å²) >= 11 is 0. The van der Waals surface area contributed by atoms with E-state index in [1.165, 1.54) is 6.08 Å². The largest absolute Gasteiger partial charge is 0.444 e. The van der Waals surface area contributed by atoms with Gasteiger partial charge in [0.15, 0.2) is 0 Å². The minimum absolute atomic E-state index is 0.258. The fourth-order valence-corrected chi connectivity index (χ4v) is 12.3. The van der Waals surface area contributed by atoms with Crippen molar-refractivity contribution in [3.05, 3.63) is 84.5 Å². The highest BCUT2D eigenvalue weighted by molar-refractivity contribution is 7.86. The highest BCUT2D eigenvalue weighted by atomic mass is 32.2. The Labute approximate surface area is 258 Å². The Morgan fingerprint density at radius 2 is 1.47 bits per heavy atom. The molecule has 2 aliphatic rings. The topological polar surface area (TPSA) is 102 Å². The van der Waals surface area contributed by atoms with Crippen LogP contribution in [0.4, 0.5) is 4.79 Å². The first-order valence-electron chi connectivity index (χ1n) is 15.1. The molecule has 2 aromatic carbocycles. The molecule has 43 heavy (non-hydrogen) atoms. The molecule has 1 fully saturated rings. The van der Waals surface area contributed by atoms with E-state index in [2.05, 4.69) is 50.4 Å². The van der Waals surface area contributed by atoms with E-state index in [9.17, 15) is 17.8 Å². The van der Waals surface area contributed by atoms with Crippen LogP contribution < -0.4 is 15.7 Å². The summed E-state index contributed by atoms with van der Waals surface area (Å²) in [5.41, 5.74) is -1.81. The van der Waals surface area contributed by atoms with Crippen LogP contribution in [0.5, 0.6) is 0 Å². The molecule has 2 aromatic rings. The van der Waals surface area contributed by atoms with Gasteiger partial charge in [0.2, 0.25) is 0 Å². The summed E-state index contributed by atoms with van der Waals surface area (Å²) in [6.45, 7) is 14.1. The lowest BCUT2D eigenvalue weighted by molar-refractivity contribution is 0.0498. The maximum Gasteiger partial charge on any atom is 0.408 e. The quantitative estimate of drug-likeness (QED) is 0.207. The number of carbonyl (C=O) groups is 1. The number of alkyl carbamates (subject to hydrolysis) is 1. The molecule has 0 spiro atoms. The Balaban J connectivity index is 1.83. The zero-order chi connectivity index (χ0) is 31.7. The van der Waals surface area contributed by atoms with Crippen LogP contribution in [0, 0.1) is 5.41 Å². The molecule has 1 saturated carbocycles. The van der Waals surface area contributed by atoms with Crippen LogP contribution in [-0.2, 0) is 19.3 Å². The summed E-state index contributed by atoms with van der Waals surface area (Å²) in [5.74, 6) is 0. The second-order valence-electron chi connectivity index (χ2n) is 14.2. The number of hydrogen-bond donors (Lipinski definition) is 2. The minimum Gasteiger partial charge on any atom is -0.444 e. The normalized spacial score (nSPS) is 22.6. The van der Waals surface area contributed by atoms with Crippen molar-refractivity contribution in [3.8, 4) is 0 Å². The molecule has 0 heterocycles. The highest BCUT2D eigenvalue weighted by Gasteiger charge is 2.53. The van der Waals surface area contributed by atoms with Crippen LogP contribution in [0.3, 0.4) is 0 Å². The molecule has 234 valence electrons. The van der Waals surface area contributed by atoms with Crippen LogP contribution in [0.25, 0.3) is 0 Å². The molecule has 0 aliphatic heterocycles. The molecule has 0 radical (unpaired) electrons. The minimum atomic E-state index is -4.49. The maximum absolute atomic E-state index is 12.8. The average molecular weight is 626 g/mol. The van der Waals surface area contributed by atoms with Gasteiger partial charge >= 0.3 is 6.09 Å². The van der Waals surface area contributed by atoms with Crippen LogP contribution in [0.15, 0.2) is 84.5 Å². The third kappa shape index (κ3) is 7.17. The third-order valence-corrected chi connectivity index (χ3v) is 14.7. The van der Waals surface area contributed by atoms with Crippen molar-refractivity contribution < 1.29 is 26.9 Å². The number of rotatable bonds is 8. The summed E-state index contributed by atoms with van der Waals surface area (Å²) in [6, 6.07) is 20.7. The van der Waals surface area contributed by atoms with E-state index < -0.39 is 46.3 Å². The van der Waals surface area contributed by atoms with Crippen LogP contribution in [0.1, 0.15) is 74.1 Å². The van der Waals surface area contributed by atoms with E-state index in [-0.39, 0.29) is 11.6 Å². The Morgan fingerprint density at radius 3 is 1.91 bits per heavy atom. The van der Waals surface area contributed by atoms with Gasteiger partial charge in [-0.05, 0) is 61.5 Å². The molecule has 0 unspecified atom stereocenters.